The van der Waals surface area contributed by atoms with Crippen molar-refractivity contribution >= 4 is 12.6 Å². The van der Waals surface area contributed by atoms with E-state index in [4.69, 9.17) is 0 Å². The molecule has 19 heavy (non-hydrogen) atoms. The molecule has 0 aliphatic carbocycles. The molecule has 0 saturated carbocycles. The van der Waals surface area contributed by atoms with Gasteiger partial charge in [-0.15, -0.1) is 0 Å². The van der Waals surface area contributed by atoms with E-state index in [0.717, 1.165) is 12.3 Å². The lowest BCUT2D eigenvalue weighted by Gasteiger charge is -2.40. The van der Waals surface area contributed by atoms with Crippen LogP contribution in [-0.4, -0.2) is 54.3 Å². The SMILES string of the molecule is CCN1CCN(CC(CS)c2ccccc2)CC1C. The van der Waals surface area contributed by atoms with Crippen molar-refractivity contribution in [2.75, 3.05) is 38.5 Å². The van der Waals surface area contributed by atoms with Crippen molar-refractivity contribution in [1.29, 1.82) is 0 Å². The average Bonchev–Trinajstić information content (AvgIpc) is 2.46. The Morgan fingerprint density at radius 3 is 2.58 bits per heavy atom. The van der Waals surface area contributed by atoms with Gasteiger partial charge in [-0.05, 0) is 24.8 Å². The standard InChI is InChI=1S/C16H26N2S/c1-3-18-10-9-17(11-14(18)2)12-16(13-19)15-7-5-4-6-8-15/h4-8,14,16,19H,3,9-13H2,1-2H3. The van der Waals surface area contributed by atoms with Crippen LogP contribution in [0, 0.1) is 0 Å². The molecule has 0 spiro atoms. The molecular weight excluding hydrogens is 252 g/mol. The quantitative estimate of drug-likeness (QED) is 0.828. The van der Waals surface area contributed by atoms with Gasteiger partial charge in [-0.3, -0.25) is 9.80 Å². The Bertz CT molecular complexity index is 368. The summed E-state index contributed by atoms with van der Waals surface area (Å²) in [6.07, 6.45) is 0. The van der Waals surface area contributed by atoms with Gasteiger partial charge in [-0.1, -0.05) is 37.3 Å². The molecule has 1 aliphatic rings. The second kappa shape index (κ2) is 7.32. The molecule has 0 bridgehead atoms. The van der Waals surface area contributed by atoms with E-state index >= 15 is 0 Å². The maximum atomic E-state index is 4.55. The average molecular weight is 278 g/mol. The van der Waals surface area contributed by atoms with Gasteiger partial charge in [0, 0.05) is 38.1 Å². The summed E-state index contributed by atoms with van der Waals surface area (Å²) < 4.78 is 0. The van der Waals surface area contributed by atoms with Crippen molar-refractivity contribution in [2.45, 2.75) is 25.8 Å². The largest absolute Gasteiger partial charge is 0.300 e. The van der Waals surface area contributed by atoms with Crippen LogP contribution < -0.4 is 0 Å². The first kappa shape index (κ1) is 14.9. The Hall–Kier alpha value is -0.510. The molecule has 106 valence electrons. The Morgan fingerprint density at radius 2 is 2.00 bits per heavy atom. The maximum absolute atomic E-state index is 4.55. The van der Waals surface area contributed by atoms with Crippen LogP contribution in [0.5, 0.6) is 0 Å². The van der Waals surface area contributed by atoms with Crippen molar-refractivity contribution in [1.82, 2.24) is 9.80 Å². The third-order valence-corrected chi connectivity index (χ3v) is 4.67. The van der Waals surface area contributed by atoms with Crippen molar-refractivity contribution in [3.05, 3.63) is 35.9 Å². The molecule has 1 aromatic carbocycles. The summed E-state index contributed by atoms with van der Waals surface area (Å²) in [4.78, 5) is 5.17. The summed E-state index contributed by atoms with van der Waals surface area (Å²) in [7, 11) is 0. The van der Waals surface area contributed by atoms with Crippen molar-refractivity contribution in [2.24, 2.45) is 0 Å². The second-order valence-corrected chi connectivity index (χ2v) is 5.89. The highest BCUT2D eigenvalue weighted by molar-refractivity contribution is 7.80. The highest BCUT2D eigenvalue weighted by Gasteiger charge is 2.24. The number of hydrogen-bond donors (Lipinski definition) is 1. The minimum Gasteiger partial charge on any atom is -0.300 e. The predicted octanol–water partition coefficient (Wildman–Crippen LogP) is 2.73. The molecular formula is C16H26N2S. The maximum Gasteiger partial charge on any atom is 0.0195 e. The Kier molecular flexibility index (Phi) is 5.74. The minimum atomic E-state index is 0.546. The second-order valence-electron chi connectivity index (χ2n) is 5.53. The van der Waals surface area contributed by atoms with Crippen LogP contribution in [0.15, 0.2) is 30.3 Å². The molecule has 2 nitrogen and oxygen atoms in total. The predicted molar refractivity (Wildman–Crippen MR) is 86.2 cm³/mol. The van der Waals surface area contributed by atoms with E-state index in [2.05, 4.69) is 66.6 Å². The van der Waals surface area contributed by atoms with Crippen molar-refractivity contribution < 1.29 is 0 Å². The van der Waals surface area contributed by atoms with Gasteiger partial charge in [0.2, 0.25) is 0 Å². The van der Waals surface area contributed by atoms with Crippen molar-refractivity contribution in [3.63, 3.8) is 0 Å². The third-order valence-electron chi connectivity index (χ3n) is 4.23. The number of rotatable bonds is 5. The lowest BCUT2D eigenvalue weighted by molar-refractivity contribution is 0.0852. The monoisotopic (exact) mass is 278 g/mol. The summed E-state index contributed by atoms with van der Waals surface area (Å²) in [5.74, 6) is 1.47. The fraction of sp³-hybridized carbons (Fsp3) is 0.625. The molecule has 0 aromatic heterocycles. The Morgan fingerprint density at radius 1 is 1.26 bits per heavy atom. The van der Waals surface area contributed by atoms with E-state index in [1.54, 1.807) is 0 Å². The molecule has 2 unspecified atom stereocenters. The normalized spacial score (nSPS) is 23.4. The van der Waals surface area contributed by atoms with E-state index in [-0.39, 0.29) is 0 Å². The number of thiol groups is 1. The topological polar surface area (TPSA) is 6.48 Å². The van der Waals surface area contributed by atoms with Gasteiger partial charge in [0.1, 0.15) is 0 Å². The highest BCUT2D eigenvalue weighted by Crippen LogP contribution is 2.20. The number of hydrogen-bond acceptors (Lipinski definition) is 3. The smallest absolute Gasteiger partial charge is 0.0195 e. The molecule has 0 N–H and O–H groups in total. The Balaban J connectivity index is 1.93. The first-order valence-corrected chi connectivity index (χ1v) is 8.00. The lowest BCUT2D eigenvalue weighted by atomic mass is 9.99. The molecule has 1 aromatic rings. The summed E-state index contributed by atoms with van der Waals surface area (Å²) in [5, 5.41) is 0. The molecule has 1 heterocycles. The van der Waals surface area contributed by atoms with E-state index in [0.29, 0.717) is 12.0 Å². The first-order valence-electron chi connectivity index (χ1n) is 7.36. The molecule has 3 heteroatoms. The van der Waals surface area contributed by atoms with E-state index in [1.165, 1.54) is 31.7 Å². The van der Waals surface area contributed by atoms with Crippen LogP contribution in [0.2, 0.25) is 0 Å². The van der Waals surface area contributed by atoms with Gasteiger partial charge in [0.25, 0.3) is 0 Å². The van der Waals surface area contributed by atoms with Crippen LogP contribution in [0.4, 0.5) is 0 Å². The van der Waals surface area contributed by atoms with E-state index in [1.807, 2.05) is 0 Å². The van der Waals surface area contributed by atoms with E-state index in [9.17, 15) is 0 Å². The fourth-order valence-electron chi connectivity index (χ4n) is 3.01. The molecule has 2 atom stereocenters. The summed E-state index contributed by atoms with van der Waals surface area (Å²) in [5.41, 5.74) is 1.42. The number of piperazine rings is 1. The zero-order valence-corrected chi connectivity index (χ0v) is 13.0. The first-order chi connectivity index (χ1) is 9.24. The van der Waals surface area contributed by atoms with Crippen LogP contribution in [0.25, 0.3) is 0 Å². The zero-order chi connectivity index (χ0) is 13.7. The van der Waals surface area contributed by atoms with Gasteiger partial charge >= 0.3 is 0 Å². The van der Waals surface area contributed by atoms with Crippen LogP contribution in [0.1, 0.15) is 25.3 Å². The van der Waals surface area contributed by atoms with Crippen LogP contribution in [-0.2, 0) is 0 Å². The third kappa shape index (κ3) is 3.98. The molecule has 0 amide bonds. The molecule has 1 aliphatic heterocycles. The van der Waals surface area contributed by atoms with Gasteiger partial charge < -0.3 is 0 Å². The fourth-order valence-corrected chi connectivity index (χ4v) is 3.34. The molecule has 2 rings (SSSR count). The van der Waals surface area contributed by atoms with Gasteiger partial charge in [0.15, 0.2) is 0 Å². The molecule has 1 saturated heterocycles. The van der Waals surface area contributed by atoms with Crippen molar-refractivity contribution in [3.8, 4) is 0 Å². The number of nitrogens with zero attached hydrogens (tertiary/aromatic N) is 2. The highest BCUT2D eigenvalue weighted by atomic mass is 32.1. The van der Waals surface area contributed by atoms with E-state index < -0.39 is 0 Å². The minimum absolute atomic E-state index is 0.546. The molecule has 0 radical (unpaired) electrons. The van der Waals surface area contributed by atoms with Crippen LogP contribution in [0.3, 0.4) is 0 Å². The summed E-state index contributed by atoms with van der Waals surface area (Å²) in [6.45, 7) is 10.5. The van der Waals surface area contributed by atoms with Gasteiger partial charge in [-0.25, -0.2) is 0 Å². The zero-order valence-electron chi connectivity index (χ0n) is 12.1. The number of benzene rings is 1. The summed E-state index contributed by atoms with van der Waals surface area (Å²) >= 11 is 4.55. The Labute approximate surface area is 123 Å². The lowest BCUT2D eigenvalue weighted by Crippen LogP contribution is -2.52. The summed E-state index contributed by atoms with van der Waals surface area (Å²) in [6, 6.07) is 11.5. The van der Waals surface area contributed by atoms with Crippen LogP contribution >= 0.6 is 12.6 Å². The molecule has 1 fully saturated rings. The van der Waals surface area contributed by atoms with Gasteiger partial charge in [0.05, 0.1) is 0 Å². The number of likely N-dealkylation sites (N-methyl/N-ethyl adjacent to an activating group) is 1. The van der Waals surface area contributed by atoms with Gasteiger partial charge in [-0.2, -0.15) is 12.6 Å².